The number of hydrogen-bond acceptors (Lipinski definition) is 5. The molecule has 1 aromatic carbocycles. The molecule has 0 bridgehead atoms. The maximum atomic E-state index is 12.8. The summed E-state index contributed by atoms with van der Waals surface area (Å²) in [6.07, 6.45) is 1.37. The molecule has 0 radical (unpaired) electrons. The minimum Gasteiger partial charge on any atom is -0.309 e. The third kappa shape index (κ3) is 4.20. The van der Waals surface area contributed by atoms with E-state index in [1.807, 2.05) is 40.6 Å². The molecule has 0 aliphatic rings. The second-order valence-electron chi connectivity index (χ2n) is 5.92. The average Bonchev–Trinajstić information content (AvgIpc) is 3.19. The molecule has 3 rings (SSSR count). The van der Waals surface area contributed by atoms with E-state index in [1.165, 1.54) is 0 Å². The molecule has 0 N–H and O–H groups in total. The van der Waals surface area contributed by atoms with Gasteiger partial charge < -0.3 is 4.90 Å². The van der Waals surface area contributed by atoms with Gasteiger partial charge in [0, 0.05) is 11.4 Å². The van der Waals surface area contributed by atoms with Gasteiger partial charge in [-0.05, 0) is 50.6 Å². The van der Waals surface area contributed by atoms with E-state index in [2.05, 4.69) is 30.0 Å². The molecule has 24 heavy (non-hydrogen) atoms. The number of aromatic nitrogens is 1. The standard InChI is InChI=1S/C18H21N3OS2/c1-20(2)10-6-11-21(17(22)13-14-7-5-12-23-14)18-19-15-8-3-4-9-16(15)24-18/h3-5,7-9,12H,6,10-11,13H2,1-2H3. The number of rotatable bonds is 7. The Morgan fingerprint density at radius 3 is 2.67 bits per heavy atom. The molecule has 6 heteroatoms. The van der Waals surface area contributed by atoms with E-state index < -0.39 is 0 Å². The molecule has 0 fully saturated rings. The van der Waals surface area contributed by atoms with Gasteiger partial charge in [0.2, 0.25) is 5.91 Å². The van der Waals surface area contributed by atoms with Crippen LogP contribution in [0.2, 0.25) is 0 Å². The van der Waals surface area contributed by atoms with Crippen LogP contribution >= 0.6 is 22.7 Å². The second-order valence-corrected chi connectivity index (χ2v) is 7.96. The second kappa shape index (κ2) is 7.88. The highest BCUT2D eigenvalue weighted by molar-refractivity contribution is 7.22. The first kappa shape index (κ1) is 17.1. The Hall–Kier alpha value is -1.76. The van der Waals surface area contributed by atoms with Crippen molar-refractivity contribution < 1.29 is 4.79 Å². The molecule has 126 valence electrons. The Bertz CT molecular complexity index is 763. The zero-order valence-electron chi connectivity index (χ0n) is 13.9. The fourth-order valence-electron chi connectivity index (χ4n) is 2.51. The maximum Gasteiger partial charge on any atom is 0.234 e. The lowest BCUT2D eigenvalue weighted by molar-refractivity contribution is -0.118. The van der Waals surface area contributed by atoms with Gasteiger partial charge in [-0.2, -0.15) is 0 Å². The van der Waals surface area contributed by atoms with Crippen molar-refractivity contribution in [2.45, 2.75) is 12.8 Å². The largest absolute Gasteiger partial charge is 0.309 e. The van der Waals surface area contributed by atoms with Crippen LogP contribution in [0.1, 0.15) is 11.3 Å². The summed E-state index contributed by atoms with van der Waals surface area (Å²) in [5, 5.41) is 2.81. The van der Waals surface area contributed by atoms with Gasteiger partial charge >= 0.3 is 0 Å². The third-order valence-electron chi connectivity index (χ3n) is 3.71. The van der Waals surface area contributed by atoms with Gasteiger partial charge in [0.1, 0.15) is 0 Å². The van der Waals surface area contributed by atoms with Gasteiger partial charge in [-0.3, -0.25) is 9.69 Å². The summed E-state index contributed by atoms with van der Waals surface area (Å²) in [5.41, 5.74) is 0.957. The van der Waals surface area contributed by atoms with Crippen LogP contribution in [0.5, 0.6) is 0 Å². The molecule has 3 aromatic rings. The number of nitrogens with zero attached hydrogens (tertiary/aromatic N) is 3. The molecule has 0 atom stereocenters. The van der Waals surface area contributed by atoms with Crippen LogP contribution in [0.15, 0.2) is 41.8 Å². The van der Waals surface area contributed by atoms with Gasteiger partial charge in [0.15, 0.2) is 5.13 Å². The number of carbonyl (C=O) groups excluding carboxylic acids is 1. The van der Waals surface area contributed by atoms with Crippen LogP contribution in [-0.4, -0.2) is 43.0 Å². The molecule has 0 spiro atoms. The smallest absolute Gasteiger partial charge is 0.234 e. The number of thiophene rings is 1. The topological polar surface area (TPSA) is 36.4 Å². The molecule has 0 aliphatic heterocycles. The molecule has 1 amide bonds. The molecular formula is C18H21N3OS2. The summed E-state index contributed by atoms with van der Waals surface area (Å²) in [6, 6.07) is 12.0. The number of hydrogen-bond donors (Lipinski definition) is 0. The summed E-state index contributed by atoms with van der Waals surface area (Å²) < 4.78 is 1.12. The predicted octanol–water partition coefficient (Wildman–Crippen LogP) is 3.89. The first-order valence-corrected chi connectivity index (χ1v) is 9.66. The van der Waals surface area contributed by atoms with Crippen LogP contribution in [0.25, 0.3) is 10.2 Å². The summed E-state index contributed by atoms with van der Waals surface area (Å²) >= 11 is 3.21. The number of para-hydroxylation sites is 1. The molecule has 0 aliphatic carbocycles. The Labute approximate surface area is 150 Å². The highest BCUT2D eigenvalue weighted by atomic mass is 32.1. The van der Waals surface area contributed by atoms with Gasteiger partial charge in [0.05, 0.1) is 16.6 Å². The van der Waals surface area contributed by atoms with Crippen molar-refractivity contribution in [3.05, 3.63) is 46.7 Å². The molecule has 0 saturated heterocycles. The number of amides is 1. The van der Waals surface area contributed by atoms with Crippen LogP contribution in [0.3, 0.4) is 0 Å². The van der Waals surface area contributed by atoms with Crippen LogP contribution in [-0.2, 0) is 11.2 Å². The lowest BCUT2D eigenvalue weighted by Gasteiger charge is -2.20. The number of fused-ring (bicyclic) bond motifs is 1. The van der Waals surface area contributed by atoms with E-state index in [0.29, 0.717) is 13.0 Å². The number of carbonyl (C=O) groups is 1. The molecule has 0 saturated carbocycles. The molecule has 2 aromatic heterocycles. The first-order chi connectivity index (χ1) is 11.6. The summed E-state index contributed by atoms with van der Waals surface area (Å²) in [4.78, 5) is 22.6. The van der Waals surface area contributed by atoms with Gasteiger partial charge in [0.25, 0.3) is 0 Å². The highest BCUT2D eigenvalue weighted by Crippen LogP contribution is 2.29. The van der Waals surface area contributed by atoms with Crippen molar-refractivity contribution in [2.75, 3.05) is 32.1 Å². The number of benzene rings is 1. The normalized spacial score (nSPS) is 11.3. The average molecular weight is 360 g/mol. The predicted molar refractivity (Wildman–Crippen MR) is 103 cm³/mol. The summed E-state index contributed by atoms with van der Waals surface area (Å²) in [6.45, 7) is 1.65. The lowest BCUT2D eigenvalue weighted by atomic mass is 10.3. The minimum atomic E-state index is 0.121. The monoisotopic (exact) mass is 359 g/mol. The zero-order chi connectivity index (χ0) is 16.9. The molecule has 0 unspecified atom stereocenters. The Morgan fingerprint density at radius 2 is 1.96 bits per heavy atom. The number of thiazole rings is 1. The van der Waals surface area contributed by atoms with Crippen molar-refractivity contribution in [1.29, 1.82) is 0 Å². The Balaban J connectivity index is 1.81. The van der Waals surface area contributed by atoms with Crippen molar-refractivity contribution in [3.63, 3.8) is 0 Å². The zero-order valence-corrected chi connectivity index (χ0v) is 15.6. The van der Waals surface area contributed by atoms with E-state index in [-0.39, 0.29) is 5.91 Å². The first-order valence-electron chi connectivity index (χ1n) is 7.96. The third-order valence-corrected chi connectivity index (χ3v) is 5.64. The van der Waals surface area contributed by atoms with Crippen molar-refractivity contribution in [1.82, 2.24) is 9.88 Å². The molecule has 2 heterocycles. The lowest BCUT2D eigenvalue weighted by Crippen LogP contribution is -2.34. The van der Waals surface area contributed by atoms with Crippen LogP contribution < -0.4 is 4.90 Å². The van der Waals surface area contributed by atoms with Crippen LogP contribution in [0, 0.1) is 0 Å². The van der Waals surface area contributed by atoms with Gasteiger partial charge in [-0.15, -0.1) is 11.3 Å². The van der Waals surface area contributed by atoms with E-state index in [4.69, 9.17) is 0 Å². The van der Waals surface area contributed by atoms with Crippen molar-refractivity contribution in [2.24, 2.45) is 0 Å². The SMILES string of the molecule is CN(C)CCCN(C(=O)Cc1cccs1)c1nc2ccccc2s1. The highest BCUT2D eigenvalue weighted by Gasteiger charge is 2.20. The molecular weight excluding hydrogens is 338 g/mol. The minimum absolute atomic E-state index is 0.121. The maximum absolute atomic E-state index is 12.8. The Kier molecular flexibility index (Phi) is 5.60. The van der Waals surface area contributed by atoms with Crippen LogP contribution in [0.4, 0.5) is 5.13 Å². The fraction of sp³-hybridized carbons (Fsp3) is 0.333. The van der Waals surface area contributed by atoms with E-state index >= 15 is 0 Å². The summed E-state index contributed by atoms with van der Waals surface area (Å²) in [5.74, 6) is 0.121. The van der Waals surface area contributed by atoms with Crippen molar-refractivity contribution >= 4 is 43.9 Å². The number of anilines is 1. The van der Waals surface area contributed by atoms with Gasteiger partial charge in [-0.25, -0.2) is 4.98 Å². The fourth-order valence-corrected chi connectivity index (χ4v) is 4.21. The van der Waals surface area contributed by atoms with Gasteiger partial charge in [-0.1, -0.05) is 29.5 Å². The quantitative estimate of drug-likeness (QED) is 0.642. The van der Waals surface area contributed by atoms with E-state index in [1.54, 1.807) is 22.7 Å². The van der Waals surface area contributed by atoms with Crippen molar-refractivity contribution in [3.8, 4) is 0 Å². The summed E-state index contributed by atoms with van der Waals surface area (Å²) in [7, 11) is 4.10. The molecule has 4 nitrogen and oxygen atoms in total. The van der Waals surface area contributed by atoms with E-state index in [9.17, 15) is 4.79 Å². The Morgan fingerprint density at radius 1 is 1.12 bits per heavy atom. The van der Waals surface area contributed by atoms with E-state index in [0.717, 1.165) is 33.2 Å².